The number of benzene rings is 3. The van der Waals surface area contributed by atoms with Gasteiger partial charge in [0.15, 0.2) is 5.71 Å². The molecule has 1 saturated heterocycles. The van der Waals surface area contributed by atoms with Gasteiger partial charge in [0.25, 0.3) is 0 Å². The topological polar surface area (TPSA) is 53.0 Å². The van der Waals surface area contributed by atoms with Crippen molar-refractivity contribution in [1.82, 2.24) is 4.31 Å². The first-order valence-corrected chi connectivity index (χ1v) is 13.7. The van der Waals surface area contributed by atoms with Crippen LogP contribution in [-0.4, -0.2) is 51.8 Å². The molecule has 3 aromatic carbocycles. The molecule has 0 saturated carbocycles. The van der Waals surface area contributed by atoms with Gasteiger partial charge in [-0.05, 0) is 66.8 Å². The molecule has 3 aromatic rings. The van der Waals surface area contributed by atoms with Crippen molar-refractivity contribution in [3.05, 3.63) is 88.7 Å². The number of nitrogens with zero attached hydrogens (tertiary/aromatic N) is 3. The average Bonchev–Trinajstić information content (AvgIpc) is 2.87. The fraction of sp³-hybridized carbons (Fsp3) is 0.296. The predicted octanol–water partition coefficient (Wildman–Crippen LogP) is 6.80. The fourth-order valence-corrected chi connectivity index (χ4v) is 5.58. The van der Waals surface area contributed by atoms with Crippen LogP contribution in [0.5, 0.6) is 0 Å². The van der Waals surface area contributed by atoms with Gasteiger partial charge in [-0.15, -0.1) is 0 Å². The van der Waals surface area contributed by atoms with Crippen LogP contribution in [0.2, 0.25) is 5.02 Å². The quantitative estimate of drug-likeness (QED) is 0.243. The van der Waals surface area contributed by atoms with Gasteiger partial charge in [0.05, 0.1) is 10.6 Å². The van der Waals surface area contributed by atoms with Crippen molar-refractivity contribution in [3.8, 4) is 0 Å². The molecule has 0 atom stereocenters. The highest BCUT2D eigenvalue weighted by Gasteiger charge is 2.39. The van der Waals surface area contributed by atoms with E-state index in [9.17, 15) is 26.0 Å². The number of piperidine rings is 1. The summed E-state index contributed by atoms with van der Waals surface area (Å²) in [6.07, 6.45) is -3.64. The second-order valence-corrected chi connectivity index (χ2v) is 11.8. The van der Waals surface area contributed by atoms with Crippen LogP contribution in [0.15, 0.2) is 76.6 Å². The number of sulfonamides is 1. The number of aliphatic imine (C=N–C) groups is 1. The van der Waals surface area contributed by atoms with Crippen LogP contribution in [0.25, 0.3) is 0 Å². The van der Waals surface area contributed by atoms with Gasteiger partial charge in [-0.3, -0.25) is 0 Å². The van der Waals surface area contributed by atoms with E-state index < -0.39 is 21.9 Å². The lowest BCUT2D eigenvalue weighted by Crippen LogP contribution is -2.35. The molecule has 1 fully saturated rings. The average molecular weight is 568 g/mol. The van der Waals surface area contributed by atoms with E-state index in [2.05, 4.69) is 4.99 Å². The standard InChI is InChI=1S/C27H26ClF4N3O2S/c1-34(2)38(36,37)21-10-8-20(9-11-21)33-26(27(30,31)32)23-5-3-4-6-25(23)35-15-13-18(14-16-35)22-12-7-19(28)17-24(22)29/h3-12,17-18H,13-16H2,1-2H3. The van der Waals surface area contributed by atoms with E-state index in [1.54, 1.807) is 24.3 Å². The van der Waals surface area contributed by atoms with Crippen molar-refractivity contribution in [2.75, 3.05) is 32.1 Å². The molecule has 1 aliphatic heterocycles. The molecule has 0 spiro atoms. The molecule has 202 valence electrons. The second kappa shape index (κ2) is 11.0. The summed E-state index contributed by atoms with van der Waals surface area (Å²) in [5, 5.41) is 0.311. The highest BCUT2D eigenvalue weighted by Crippen LogP contribution is 2.36. The minimum Gasteiger partial charge on any atom is -0.371 e. The van der Waals surface area contributed by atoms with E-state index in [4.69, 9.17) is 11.6 Å². The summed E-state index contributed by atoms with van der Waals surface area (Å²) in [5.41, 5.74) is -0.255. The van der Waals surface area contributed by atoms with Crippen LogP contribution >= 0.6 is 11.6 Å². The molecule has 0 aliphatic carbocycles. The van der Waals surface area contributed by atoms with E-state index in [-0.39, 0.29) is 27.9 Å². The summed E-state index contributed by atoms with van der Waals surface area (Å²) in [6, 6.07) is 15.7. The predicted molar refractivity (Wildman–Crippen MR) is 142 cm³/mol. The lowest BCUT2D eigenvalue weighted by Gasteiger charge is -2.35. The summed E-state index contributed by atoms with van der Waals surface area (Å²) < 4.78 is 82.8. The first-order valence-electron chi connectivity index (χ1n) is 11.9. The van der Waals surface area contributed by atoms with Crippen LogP contribution in [0.1, 0.15) is 29.9 Å². The lowest BCUT2D eigenvalue weighted by molar-refractivity contribution is -0.0579. The Hall–Kier alpha value is -2.95. The van der Waals surface area contributed by atoms with Gasteiger partial charge in [0, 0.05) is 43.5 Å². The smallest absolute Gasteiger partial charge is 0.371 e. The number of hydrogen-bond donors (Lipinski definition) is 0. The minimum atomic E-state index is -4.77. The minimum absolute atomic E-state index is 0.0262. The van der Waals surface area contributed by atoms with Crippen molar-refractivity contribution in [2.24, 2.45) is 4.99 Å². The normalized spacial score (nSPS) is 15.8. The van der Waals surface area contributed by atoms with Crippen LogP contribution in [-0.2, 0) is 10.0 Å². The molecule has 5 nitrogen and oxygen atoms in total. The Morgan fingerprint density at radius 1 is 1.00 bits per heavy atom. The molecule has 11 heteroatoms. The Morgan fingerprint density at radius 3 is 2.21 bits per heavy atom. The number of para-hydroxylation sites is 1. The zero-order valence-corrected chi connectivity index (χ0v) is 22.3. The molecule has 0 radical (unpaired) electrons. The molecule has 0 unspecified atom stereocenters. The Morgan fingerprint density at radius 2 is 1.63 bits per heavy atom. The maximum atomic E-state index is 14.4. The van der Waals surface area contributed by atoms with E-state index in [1.807, 2.05) is 4.90 Å². The van der Waals surface area contributed by atoms with E-state index in [0.717, 1.165) is 4.31 Å². The molecule has 1 heterocycles. The Bertz CT molecular complexity index is 1430. The highest BCUT2D eigenvalue weighted by atomic mass is 35.5. The first-order chi connectivity index (χ1) is 17.9. The van der Waals surface area contributed by atoms with Gasteiger partial charge < -0.3 is 4.90 Å². The SMILES string of the molecule is CN(C)S(=O)(=O)c1ccc(N=C(c2ccccc2N2CCC(c3ccc(Cl)cc3F)CC2)C(F)(F)F)cc1. The Kier molecular flexibility index (Phi) is 8.15. The molecule has 0 aromatic heterocycles. The molecule has 1 aliphatic rings. The van der Waals surface area contributed by atoms with Crippen molar-refractivity contribution in [2.45, 2.75) is 29.8 Å². The zero-order valence-electron chi connectivity index (χ0n) is 20.7. The molecular formula is C27H26ClF4N3O2S. The zero-order chi connectivity index (χ0) is 27.7. The first kappa shape index (κ1) is 28.1. The maximum Gasteiger partial charge on any atom is 0.434 e. The van der Waals surface area contributed by atoms with Crippen LogP contribution in [0.3, 0.4) is 0 Å². The molecule has 0 amide bonds. The van der Waals surface area contributed by atoms with Crippen molar-refractivity contribution in [1.29, 1.82) is 0 Å². The van der Waals surface area contributed by atoms with Gasteiger partial charge >= 0.3 is 6.18 Å². The molecule has 4 rings (SSSR count). The van der Waals surface area contributed by atoms with Crippen LogP contribution in [0, 0.1) is 5.82 Å². The molecule has 0 N–H and O–H groups in total. The third-order valence-electron chi connectivity index (χ3n) is 6.52. The van der Waals surface area contributed by atoms with Crippen LogP contribution < -0.4 is 4.90 Å². The Labute approximate surface area is 224 Å². The van der Waals surface area contributed by atoms with Crippen molar-refractivity contribution < 1.29 is 26.0 Å². The van der Waals surface area contributed by atoms with E-state index >= 15 is 0 Å². The van der Waals surface area contributed by atoms with Gasteiger partial charge in [-0.25, -0.2) is 22.1 Å². The summed E-state index contributed by atoms with van der Waals surface area (Å²) >= 11 is 5.86. The molecule has 38 heavy (non-hydrogen) atoms. The van der Waals surface area contributed by atoms with E-state index in [0.29, 0.717) is 42.2 Å². The summed E-state index contributed by atoms with van der Waals surface area (Å²) in [7, 11) is -0.988. The fourth-order valence-electron chi connectivity index (χ4n) is 4.52. The summed E-state index contributed by atoms with van der Waals surface area (Å²) in [6.45, 7) is 0.873. The number of halogens is 5. The van der Waals surface area contributed by atoms with Gasteiger partial charge in [0.1, 0.15) is 5.82 Å². The van der Waals surface area contributed by atoms with Crippen LogP contribution in [0.4, 0.5) is 28.9 Å². The van der Waals surface area contributed by atoms with Crippen molar-refractivity contribution in [3.63, 3.8) is 0 Å². The molecule has 0 bridgehead atoms. The maximum absolute atomic E-state index is 14.4. The largest absolute Gasteiger partial charge is 0.434 e. The number of hydrogen-bond acceptors (Lipinski definition) is 4. The number of anilines is 1. The third kappa shape index (κ3) is 6.03. The van der Waals surface area contributed by atoms with Gasteiger partial charge in [-0.1, -0.05) is 35.9 Å². The lowest BCUT2D eigenvalue weighted by atomic mass is 9.88. The third-order valence-corrected chi connectivity index (χ3v) is 8.59. The summed E-state index contributed by atoms with van der Waals surface area (Å²) in [4.78, 5) is 5.71. The van der Waals surface area contributed by atoms with E-state index in [1.165, 1.54) is 56.6 Å². The number of rotatable bonds is 6. The highest BCUT2D eigenvalue weighted by molar-refractivity contribution is 7.89. The Balaban J connectivity index is 1.63. The second-order valence-electron chi connectivity index (χ2n) is 9.18. The summed E-state index contributed by atoms with van der Waals surface area (Å²) in [5.74, 6) is -0.448. The van der Waals surface area contributed by atoms with Gasteiger partial charge in [0.2, 0.25) is 10.0 Å². The van der Waals surface area contributed by atoms with Crippen molar-refractivity contribution >= 4 is 38.7 Å². The molecular weight excluding hydrogens is 542 g/mol. The number of alkyl halides is 3. The monoisotopic (exact) mass is 567 g/mol. The van der Waals surface area contributed by atoms with Gasteiger partial charge in [-0.2, -0.15) is 13.2 Å².